The first kappa shape index (κ1) is 21.5. The van der Waals surface area contributed by atoms with Gasteiger partial charge in [0.2, 0.25) is 11.6 Å². The number of hydrogen-bond donors (Lipinski definition) is 2. The van der Waals surface area contributed by atoms with E-state index in [1.807, 2.05) is 0 Å². The minimum Gasteiger partial charge on any atom is -0.347 e. The lowest BCUT2D eigenvalue weighted by atomic mass is 9.65. The second kappa shape index (κ2) is 7.74. The van der Waals surface area contributed by atoms with Crippen LogP contribution in [0.5, 0.6) is 0 Å². The van der Waals surface area contributed by atoms with Crippen LogP contribution < -0.4 is 15.8 Å². The Kier molecular flexibility index (Phi) is 5.36. The number of carbonyl (C=O) groups is 1. The van der Waals surface area contributed by atoms with Gasteiger partial charge in [0.15, 0.2) is 0 Å². The number of benzene rings is 1. The zero-order chi connectivity index (χ0) is 22.4. The second-order valence-electron chi connectivity index (χ2n) is 9.55. The predicted molar refractivity (Wildman–Crippen MR) is 121 cm³/mol. The van der Waals surface area contributed by atoms with Gasteiger partial charge in [-0.3, -0.25) is 25.8 Å². The monoisotopic (exact) mass is 488 g/mol. The molecule has 31 heavy (non-hydrogen) atoms. The van der Waals surface area contributed by atoms with Crippen LogP contribution in [-0.2, 0) is 0 Å². The van der Waals surface area contributed by atoms with E-state index in [0.717, 1.165) is 19.3 Å². The molecule has 10 heteroatoms. The summed E-state index contributed by atoms with van der Waals surface area (Å²) in [5, 5.41) is 12.0. The van der Waals surface area contributed by atoms with Crippen LogP contribution in [0, 0.1) is 20.9 Å². The second-order valence-corrected chi connectivity index (χ2v) is 10.4. The summed E-state index contributed by atoms with van der Waals surface area (Å²) in [5.41, 5.74) is 5.56. The number of nitro groups is 1. The topological polar surface area (TPSA) is 113 Å². The summed E-state index contributed by atoms with van der Waals surface area (Å²) < 4.78 is 0.618. The highest BCUT2D eigenvalue weighted by molar-refractivity contribution is 9.10. The average molecular weight is 489 g/mol. The highest BCUT2D eigenvalue weighted by atomic mass is 79.9. The van der Waals surface area contributed by atoms with Crippen molar-refractivity contribution in [2.45, 2.75) is 46.1 Å². The van der Waals surface area contributed by atoms with E-state index in [0.29, 0.717) is 22.4 Å². The lowest BCUT2D eigenvalue weighted by Crippen LogP contribution is -2.35. The number of nitrogens with zero attached hydrogens (tertiary/aromatic N) is 4. The van der Waals surface area contributed by atoms with E-state index in [1.54, 1.807) is 24.3 Å². The van der Waals surface area contributed by atoms with Gasteiger partial charge in [-0.05, 0) is 58.2 Å². The van der Waals surface area contributed by atoms with Gasteiger partial charge in [-0.25, -0.2) is 9.97 Å². The quantitative estimate of drug-likeness (QED) is 0.475. The number of halogens is 1. The molecule has 1 aliphatic carbocycles. The van der Waals surface area contributed by atoms with E-state index in [1.165, 1.54) is 6.33 Å². The fourth-order valence-electron chi connectivity index (χ4n) is 5.38. The van der Waals surface area contributed by atoms with E-state index in [2.05, 4.69) is 62.4 Å². The van der Waals surface area contributed by atoms with Crippen molar-refractivity contribution in [3.05, 3.63) is 50.7 Å². The molecule has 1 saturated carbocycles. The lowest BCUT2D eigenvalue weighted by Gasteiger charge is -2.39. The first-order chi connectivity index (χ1) is 14.6. The van der Waals surface area contributed by atoms with E-state index in [9.17, 15) is 14.9 Å². The van der Waals surface area contributed by atoms with Crippen molar-refractivity contribution < 1.29 is 9.72 Å². The predicted octanol–water partition coefficient (Wildman–Crippen LogP) is 4.31. The average Bonchev–Trinajstić information content (AvgIpc) is 2.94. The Hall–Kier alpha value is -2.75. The highest BCUT2D eigenvalue weighted by Gasteiger charge is 2.51. The molecule has 2 atom stereocenters. The van der Waals surface area contributed by atoms with Gasteiger partial charge in [0.05, 0.1) is 10.5 Å². The zero-order valence-corrected chi connectivity index (χ0v) is 19.3. The summed E-state index contributed by atoms with van der Waals surface area (Å²) in [6, 6.07) is 7.11. The van der Waals surface area contributed by atoms with Gasteiger partial charge in [-0.1, -0.05) is 32.9 Å². The normalized spacial score (nSPS) is 24.0. The van der Waals surface area contributed by atoms with Crippen molar-refractivity contribution in [1.82, 2.24) is 15.4 Å². The Bertz CT molecular complexity index is 1050. The summed E-state index contributed by atoms with van der Waals surface area (Å²) in [6.45, 7) is 7.45. The molecule has 2 bridgehead atoms. The molecule has 9 nitrogen and oxygen atoms in total. The van der Waals surface area contributed by atoms with Crippen LogP contribution in [-0.4, -0.2) is 33.4 Å². The van der Waals surface area contributed by atoms with E-state index in [-0.39, 0.29) is 28.4 Å². The van der Waals surface area contributed by atoms with Gasteiger partial charge >= 0.3 is 5.69 Å². The molecular formula is C21H25BrN6O3. The van der Waals surface area contributed by atoms with Gasteiger partial charge in [-0.2, -0.15) is 0 Å². The van der Waals surface area contributed by atoms with Crippen molar-refractivity contribution in [3.63, 3.8) is 0 Å². The summed E-state index contributed by atoms with van der Waals surface area (Å²) in [6.07, 6.45) is 4.30. The molecule has 0 spiro atoms. The Morgan fingerprint density at radius 2 is 2.00 bits per heavy atom. The van der Waals surface area contributed by atoms with Crippen LogP contribution in [0.4, 0.5) is 17.3 Å². The van der Waals surface area contributed by atoms with E-state index >= 15 is 0 Å². The van der Waals surface area contributed by atoms with Gasteiger partial charge in [-0.15, -0.1) is 0 Å². The van der Waals surface area contributed by atoms with E-state index in [4.69, 9.17) is 0 Å². The van der Waals surface area contributed by atoms with Gasteiger partial charge in [0.25, 0.3) is 5.91 Å². The maximum absolute atomic E-state index is 12.5. The molecule has 164 valence electrons. The van der Waals surface area contributed by atoms with Gasteiger partial charge in [0.1, 0.15) is 6.33 Å². The number of amides is 1. The minimum atomic E-state index is -0.488. The number of hydrazine groups is 1. The van der Waals surface area contributed by atoms with Crippen molar-refractivity contribution >= 4 is 39.2 Å². The van der Waals surface area contributed by atoms with Gasteiger partial charge < -0.3 is 4.90 Å². The molecule has 1 amide bonds. The van der Waals surface area contributed by atoms with Crippen molar-refractivity contribution in [2.24, 2.45) is 10.8 Å². The summed E-state index contributed by atoms with van der Waals surface area (Å²) >= 11 is 3.33. The third kappa shape index (κ3) is 4.21. The molecule has 2 unspecified atom stereocenters. The smallest absolute Gasteiger partial charge is 0.347 e. The molecule has 4 rings (SSSR count). The summed E-state index contributed by atoms with van der Waals surface area (Å²) in [4.78, 5) is 34.4. The first-order valence-corrected chi connectivity index (χ1v) is 10.9. The number of aromatic nitrogens is 2. The molecule has 1 saturated heterocycles. The fourth-order valence-corrected chi connectivity index (χ4v) is 5.84. The number of carbonyl (C=O) groups excluding carboxylic acids is 1. The van der Waals surface area contributed by atoms with Crippen LogP contribution in [0.1, 0.15) is 50.4 Å². The number of anilines is 2. The number of rotatable bonds is 5. The van der Waals surface area contributed by atoms with Crippen LogP contribution >= 0.6 is 15.9 Å². The highest BCUT2D eigenvalue weighted by Crippen LogP contribution is 2.54. The Balaban J connectivity index is 1.62. The van der Waals surface area contributed by atoms with Crippen molar-refractivity contribution in [1.29, 1.82) is 0 Å². The third-order valence-electron chi connectivity index (χ3n) is 6.09. The molecular weight excluding hydrogens is 464 g/mol. The maximum Gasteiger partial charge on any atom is 0.355 e. The fraction of sp³-hybridized carbons (Fsp3) is 0.476. The largest absolute Gasteiger partial charge is 0.355 e. The zero-order valence-electron chi connectivity index (χ0n) is 17.7. The molecule has 1 aromatic carbocycles. The SMILES string of the molecule is CC1(C)CC2CC(C)(CN2c2ncnc(NNC(=O)c3ccccc3Br)c2[N+](=O)[O-])C1. The Morgan fingerprint density at radius 1 is 1.26 bits per heavy atom. The van der Waals surface area contributed by atoms with Crippen LogP contribution in [0.25, 0.3) is 0 Å². The van der Waals surface area contributed by atoms with Crippen molar-refractivity contribution in [3.8, 4) is 0 Å². The number of fused-ring (bicyclic) bond motifs is 2. The van der Waals surface area contributed by atoms with Crippen LogP contribution in [0.3, 0.4) is 0 Å². The molecule has 2 fully saturated rings. The summed E-state index contributed by atoms with van der Waals surface area (Å²) in [5.74, 6) is -0.182. The lowest BCUT2D eigenvalue weighted by molar-refractivity contribution is -0.383. The Labute approximate surface area is 188 Å². The molecule has 2 aliphatic rings. The molecule has 1 aromatic heterocycles. The van der Waals surface area contributed by atoms with Gasteiger partial charge in [0, 0.05) is 17.1 Å². The van der Waals surface area contributed by atoms with Crippen LogP contribution in [0.2, 0.25) is 0 Å². The minimum absolute atomic E-state index is 0.0405. The van der Waals surface area contributed by atoms with Crippen LogP contribution in [0.15, 0.2) is 35.1 Å². The van der Waals surface area contributed by atoms with E-state index < -0.39 is 10.8 Å². The first-order valence-electron chi connectivity index (χ1n) is 10.2. The standard InChI is InChI=1S/C21H25BrN6O3/c1-20(2)8-13-9-21(3,10-20)11-27(13)18-16(28(30)31)17(23-12-24-18)25-26-19(29)14-6-4-5-7-15(14)22/h4-7,12-13H,8-11H2,1-3H3,(H,26,29)(H,23,24,25). The maximum atomic E-state index is 12.5. The molecule has 2 heterocycles. The molecule has 2 aromatic rings. The Morgan fingerprint density at radius 3 is 2.71 bits per heavy atom. The number of hydrogen-bond acceptors (Lipinski definition) is 7. The molecule has 2 N–H and O–H groups in total. The number of nitrogens with one attached hydrogen (secondary N) is 2. The molecule has 1 aliphatic heterocycles. The third-order valence-corrected chi connectivity index (χ3v) is 6.78. The summed E-state index contributed by atoms with van der Waals surface area (Å²) in [7, 11) is 0. The van der Waals surface area contributed by atoms with Crippen molar-refractivity contribution in [2.75, 3.05) is 16.9 Å². The molecule has 0 radical (unpaired) electrons.